The van der Waals surface area contributed by atoms with Crippen LogP contribution in [0.3, 0.4) is 0 Å². The number of hydrogen-bond donors (Lipinski definition) is 2. The Balaban J connectivity index is 2.21. The number of hydrogen-bond acceptors (Lipinski definition) is 3. The average molecular weight is 195 g/mol. The molecule has 4 nitrogen and oxygen atoms in total. The monoisotopic (exact) mass is 195 g/mol. The molecule has 1 aliphatic heterocycles. The smallest absolute Gasteiger partial charge is 0.308 e. The van der Waals surface area contributed by atoms with Crippen molar-refractivity contribution in [3.63, 3.8) is 0 Å². The SMILES string of the molecule is Cc1cc(C2CNCC2C(=O)O)co1. The molecule has 0 aliphatic carbocycles. The molecule has 0 saturated carbocycles. The van der Waals surface area contributed by atoms with E-state index in [1.165, 1.54) is 0 Å². The Bertz CT molecular complexity index is 345. The maximum atomic E-state index is 10.9. The zero-order chi connectivity index (χ0) is 10.1. The predicted molar refractivity (Wildman–Crippen MR) is 50.2 cm³/mol. The standard InChI is InChI=1S/C10H13NO3/c1-6-2-7(5-14-6)8-3-11-4-9(8)10(12)13/h2,5,8-9,11H,3-4H2,1H3,(H,12,13). The van der Waals surface area contributed by atoms with Crippen molar-refractivity contribution in [3.05, 3.63) is 23.7 Å². The molecule has 2 unspecified atom stereocenters. The van der Waals surface area contributed by atoms with Crippen LogP contribution in [0.25, 0.3) is 0 Å². The molecular formula is C10H13NO3. The van der Waals surface area contributed by atoms with Crippen LogP contribution in [-0.4, -0.2) is 24.2 Å². The second-order valence-electron chi connectivity index (χ2n) is 3.70. The lowest BCUT2D eigenvalue weighted by atomic mass is 9.91. The minimum atomic E-state index is -0.737. The normalized spacial score (nSPS) is 26.6. The van der Waals surface area contributed by atoms with E-state index in [1.54, 1.807) is 6.26 Å². The van der Waals surface area contributed by atoms with Crippen molar-refractivity contribution < 1.29 is 14.3 Å². The van der Waals surface area contributed by atoms with Crippen LogP contribution in [0.4, 0.5) is 0 Å². The van der Waals surface area contributed by atoms with E-state index >= 15 is 0 Å². The minimum Gasteiger partial charge on any atom is -0.481 e. The van der Waals surface area contributed by atoms with Crippen LogP contribution < -0.4 is 5.32 Å². The highest BCUT2D eigenvalue weighted by molar-refractivity contribution is 5.72. The van der Waals surface area contributed by atoms with Crippen LogP contribution in [0.1, 0.15) is 17.2 Å². The van der Waals surface area contributed by atoms with Gasteiger partial charge < -0.3 is 14.8 Å². The Morgan fingerprint density at radius 3 is 3.00 bits per heavy atom. The van der Waals surface area contributed by atoms with E-state index in [0.717, 1.165) is 17.9 Å². The van der Waals surface area contributed by atoms with Crippen LogP contribution in [0.15, 0.2) is 16.7 Å². The molecule has 0 bridgehead atoms. The number of carbonyl (C=O) groups is 1. The first kappa shape index (κ1) is 9.27. The first-order valence-corrected chi connectivity index (χ1v) is 4.67. The van der Waals surface area contributed by atoms with Crippen molar-refractivity contribution in [2.45, 2.75) is 12.8 Å². The van der Waals surface area contributed by atoms with Gasteiger partial charge in [0.2, 0.25) is 0 Å². The number of carboxylic acid groups (broad SMARTS) is 1. The maximum absolute atomic E-state index is 10.9. The Kier molecular flexibility index (Phi) is 2.29. The molecule has 2 rings (SSSR count). The van der Waals surface area contributed by atoms with E-state index in [9.17, 15) is 4.79 Å². The fraction of sp³-hybridized carbons (Fsp3) is 0.500. The quantitative estimate of drug-likeness (QED) is 0.738. The van der Waals surface area contributed by atoms with Gasteiger partial charge in [0.25, 0.3) is 0 Å². The lowest BCUT2D eigenvalue weighted by Gasteiger charge is -2.11. The second kappa shape index (κ2) is 3.46. The number of aliphatic carboxylic acids is 1. The van der Waals surface area contributed by atoms with Gasteiger partial charge in [0.15, 0.2) is 0 Å². The van der Waals surface area contributed by atoms with Crippen molar-refractivity contribution in [1.29, 1.82) is 0 Å². The highest BCUT2D eigenvalue weighted by Crippen LogP contribution is 2.29. The summed E-state index contributed by atoms with van der Waals surface area (Å²) in [4.78, 5) is 10.9. The highest BCUT2D eigenvalue weighted by Gasteiger charge is 2.34. The summed E-state index contributed by atoms with van der Waals surface area (Å²) in [7, 11) is 0. The van der Waals surface area contributed by atoms with Gasteiger partial charge >= 0.3 is 5.97 Å². The first-order valence-electron chi connectivity index (χ1n) is 4.67. The largest absolute Gasteiger partial charge is 0.481 e. The summed E-state index contributed by atoms with van der Waals surface area (Å²) in [6.07, 6.45) is 1.66. The van der Waals surface area contributed by atoms with Gasteiger partial charge in [-0.3, -0.25) is 4.79 Å². The number of rotatable bonds is 2. The number of aryl methyl sites for hydroxylation is 1. The van der Waals surface area contributed by atoms with Crippen LogP contribution >= 0.6 is 0 Å². The second-order valence-corrected chi connectivity index (χ2v) is 3.70. The van der Waals surface area contributed by atoms with E-state index in [-0.39, 0.29) is 11.8 Å². The maximum Gasteiger partial charge on any atom is 0.308 e. The summed E-state index contributed by atoms with van der Waals surface area (Å²) in [5.74, 6) is -0.188. The summed E-state index contributed by atoms with van der Waals surface area (Å²) < 4.78 is 5.18. The lowest BCUT2D eigenvalue weighted by Crippen LogP contribution is -2.20. The van der Waals surface area contributed by atoms with E-state index in [0.29, 0.717) is 6.54 Å². The molecule has 1 aromatic heterocycles. The number of carboxylic acids is 1. The van der Waals surface area contributed by atoms with Crippen molar-refractivity contribution in [1.82, 2.24) is 5.32 Å². The van der Waals surface area contributed by atoms with Crippen molar-refractivity contribution in [2.24, 2.45) is 5.92 Å². The molecule has 4 heteroatoms. The van der Waals surface area contributed by atoms with Gasteiger partial charge in [-0.15, -0.1) is 0 Å². The molecule has 76 valence electrons. The van der Waals surface area contributed by atoms with Crippen molar-refractivity contribution in [3.8, 4) is 0 Å². The van der Waals surface area contributed by atoms with E-state index < -0.39 is 5.97 Å². The van der Waals surface area contributed by atoms with Crippen molar-refractivity contribution in [2.75, 3.05) is 13.1 Å². The zero-order valence-corrected chi connectivity index (χ0v) is 7.99. The third-order valence-corrected chi connectivity index (χ3v) is 2.71. The fourth-order valence-corrected chi connectivity index (χ4v) is 1.95. The van der Waals surface area contributed by atoms with E-state index in [1.807, 2.05) is 13.0 Å². The number of furan rings is 1. The summed E-state index contributed by atoms with van der Waals surface area (Å²) in [6, 6.07) is 1.91. The Labute approximate surface area is 81.9 Å². The Morgan fingerprint density at radius 1 is 1.64 bits per heavy atom. The summed E-state index contributed by atoms with van der Waals surface area (Å²) in [5, 5.41) is 12.1. The Morgan fingerprint density at radius 2 is 2.43 bits per heavy atom. The molecule has 2 atom stereocenters. The average Bonchev–Trinajstić information content (AvgIpc) is 2.70. The molecule has 1 fully saturated rings. The lowest BCUT2D eigenvalue weighted by molar-refractivity contribution is -0.141. The van der Waals surface area contributed by atoms with Gasteiger partial charge in [-0.1, -0.05) is 0 Å². The topological polar surface area (TPSA) is 62.5 Å². The van der Waals surface area contributed by atoms with Crippen LogP contribution in [0.5, 0.6) is 0 Å². The third kappa shape index (κ3) is 1.53. The highest BCUT2D eigenvalue weighted by atomic mass is 16.4. The summed E-state index contributed by atoms with van der Waals surface area (Å²) in [5.41, 5.74) is 0.986. The third-order valence-electron chi connectivity index (χ3n) is 2.71. The number of nitrogens with one attached hydrogen (secondary N) is 1. The molecule has 0 radical (unpaired) electrons. The van der Waals surface area contributed by atoms with E-state index in [4.69, 9.17) is 9.52 Å². The summed E-state index contributed by atoms with van der Waals surface area (Å²) in [6.45, 7) is 3.13. The van der Waals surface area contributed by atoms with Crippen LogP contribution in [-0.2, 0) is 4.79 Å². The fourth-order valence-electron chi connectivity index (χ4n) is 1.95. The van der Waals surface area contributed by atoms with Gasteiger partial charge in [0.1, 0.15) is 5.76 Å². The van der Waals surface area contributed by atoms with Gasteiger partial charge in [0.05, 0.1) is 12.2 Å². The first-order chi connectivity index (χ1) is 6.68. The van der Waals surface area contributed by atoms with Crippen molar-refractivity contribution >= 4 is 5.97 Å². The summed E-state index contributed by atoms with van der Waals surface area (Å²) >= 11 is 0. The molecular weight excluding hydrogens is 182 g/mol. The molecule has 2 N–H and O–H groups in total. The van der Waals surface area contributed by atoms with Gasteiger partial charge in [0, 0.05) is 19.0 Å². The molecule has 14 heavy (non-hydrogen) atoms. The predicted octanol–water partition coefficient (Wildman–Crippen LogP) is 0.976. The molecule has 1 aliphatic rings. The van der Waals surface area contributed by atoms with E-state index in [2.05, 4.69) is 5.32 Å². The van der Waals surface area contributed by atoms with Crippen LogP contribution in [0, 0.1) is 12.8 Å². The van der Waals surface area contributed by atoms with Crippen LogP contribution in [0.2, 0.25) is 0 Å². The van der Waals surface area contributed by atoms with Gasteiger partial charge in [-0.25, -0.2) is 0 Å². The van der Waals surface area contributed by atoms with Gasteiger partial charge in [-0.2, -0.15) is 0 Å². The molecule has 1 saturated heterocycles. The Hall–Kier alpha value is -1.29. The molecule has 1 aromatic rings. The molecule has 0 amide bonds. The van der Waals surface area contributed by atoms with Gasteiger partial charge in [-0.05, 0) is 18.6 Å². The zero-order valence-electron chi connectivity index (χ0n) is 7.99. The molecule has 0 aromatic carbocycles. The minimum absolute atomic E-state index is 0.0462. The molecule has 2 heterocycles. The molecule has 0 spiro atoms.